The van der Waals surface area contributed by atoms with Gasteiger partial charge in [0.05, 0.1) is 5.69 Å². The van der Waals surface area contributed by atoms with E-state index in [0.717, 1.165) is 18.5 Å². The molecule has 0 aliphatic carbocycles. The van der Waals surface area contributed by atoms with Gasteiger partial charge in [-0.1, -0.05) is 13.8 Å². The lowest BCUT2D eigenvalue weighted by atomic mass is 10.0. The number of halogens is 1. The fourth-order valence-corrected chi connectivity index (χ4v) is 1.50. The highest BCUT2D eigenvalue weighted by Crippen LogP contribution is 2.16. The first kappa shape index (κ1) is 12.6. The van der Waals surface area contributed by atoms with E-state index >= 15 is 0 Å². The lowest BCUT2D eigenvalue weighted by Gasteiger charge is -2.12. The molecule has 1 aromatic rings. The van der Waals surface area contributed by atoms with Gasteiger partial charge in [-0.25, -0.2) is 0 Å². The largest absolute Gasteiger partial charge is 0.270 e. The van der Waals surface area contributed by atoms with Gasteiger partial charge in [0.15, 0.2) is 0 Å². The van der Waals surface area contributed by atoms with Crippen LogP contribution in [0.4, 0.5) is 0 Å². The van der Waals surface area contributed by atoms with Crippen LogP contribution in [0.15, 0.2) is 12.3 Å². The minimum atomic E-state index is 0.207. The number of aromatic nitrogens is 2. The van der Waals surface area contributed by atoms with Gasteiger partial charge in [-0.2, -0.15) is 5.10 Å². The average molecular weight is 229 g/mol. The van der Waals surface area contributed by atoms with Crippen molar-refractivity contribution >= 4 is 11.6 Å². The fraction of sp³-hybridized carbons (Fsp3) is 0.750. The van der Waals surface area contributed by atoms with Crippen LogP contribution < -0.4 is 0 Å². The van der Waals surface area contributed by atoms with Gasteiger partial charge in [0, 0.05) is 17.6 Å². The predicted molar refractivity (Wildman–Crippen MR) is 65.4 cm³/mol. The zero-order valence-electron chi connectivity index (χ0n) is 10.1. The third-order valence-corrected chi connectivity index (χ3v) is 3.45. The van der Waals surface area contributed by atoms with Crippen molar-refractivity contribution in [1.29, 1.82) is 0 Å². The van der Waals surface area contributed by atoms with E-state index in [1.165, 1.54) is 0 Å². The molecule has 0 saturated carbocycles. The Balaban J connectivity index is 2.60. The maximum absolute atomic E-state index is 6.04. The Bertz CT molecular complexity index is 294. The predicted octanol–water partition coefficient (Wildman–Crippen LogP) is 3.66. The second kappa shape index (κ2) is 5.55. The molecule has 0 bridgehead atoms. The van der Waals surface area contributed by atoms with Crippen LogP contribution in [0.1, 0.15) is 45.9 Å². The Morgan fingerprint density at radius 2 is 2.07 bits per heavy atom. The second-order valence-corrected chi connectivity index (χ2v) is 5.09. The first-order valence-electron chi connectivity index (χ1n) is 5.72. The van der Waals surface area contributed by atoms with Crippen LogP contribution in [-0.2, 0) is 6.42 Å². The van der Waals surface area contributed by atoms with Crippen molar-refractivity contribution in [2.45, 2.75) is 52.0 Å². The highest BCUT2D eigenvalue weighted by molar-refractivity contribution is 6.20. The van der Waals surface area contributed by atoms with Crippen molar-refractivity contribution < 1.29 is 0 Å². The molecule has 3 unspecified atom stereocenters. The van der Waals surface area contributed by atoms with Crippen molar-refractivity contribution in [1.82, 2.24) is 9.78 Å². The minimum Gasteiger partial charge on any atom is -0.270 e. The first-order valence-corrected chi connectivity index (χ1v) is 6.16. The molecule has 0 spiro atoms. The van der Waals surface area contributed by atoms with Gasteiger partial charge in [0.1, 0.15) is 0 Å². The van der Waals surface area contributed by atoms with E-state index in [2.05, 4.69) is 38.1 Å². The van der Waals surface area contributed by atoms with E-state index in [1.54, 1.807) is 0 Å². The summed E-state index contributed by atoms with van der Waals surface area (Å²) in [5, 5.41) is 4.77. The summed E-state index contributed by atoms with van der Waals surface area (Å²) in [6.07, 6.45) is 4.14. The molecule has 0 fully saturated rings. The fourth-order valence-electron chi connectivity index (χ4n) is 1.41. The van der Waals surface area contributed by atoms with Crippen molar-refractivity contribution in [2.75, 3.05) is 0 Å². The number of hydrogen-bond donors (Lipinski definition) is 0. The highest BCUT2D eigenvalue weighted by atomic mass is 35.5. The second-order valence-electron chi connectivity index (χ2n) is 4.40. The molecular weight excluding hydrogens is 208 g/mol. The van der Waals surface area contributed by atoms with E-state index in [4.69, 9.17) is 11.6 Å². The van der Waals surface area contributed by atoms with E-state index in [9.17, 15) is 0 Å². The van der Waals surface area contributed by atoms with Crippen molar-refractivity contribution in [3.05, 3.63) is 18.0 Å². The molecule has 0 amide bonds. The number of nitrogens with zero attached hydrogens (tertiary/aromatic N) is 2. The molecular formula is C12H21ClN2. The van der Waals surface area contributed by atoms with E-state index in [1.807, 2.05) is 11.6 Å². The van der Waals surface area contributed by atoms with Crippen LogP contribution in [0.3, 0.4) is 0 Å². The standard InChI is InChI=1S/C12H21ClN2/c1-5-10(3)15-7-6-12(14-15)8-9(2)11(4)13/h6-7,9-11H,5,8H2,1-4H3. The summed E-state index contributed by atoms with van der Waals surface area (Å²) >= 11 is 6.04. The van der Waals surface area contributed by atoms with Gasteiger partial charge in [0.25, 0.3) is 0 Å². The summed E-state index contributed by atoms with van der Waals surface area (Å²) in [4.78, 5) is 0. The minimum absolute atomic E-state index is 0.207. The summed E-state index contributed by atoms with van der Waals surface area (Å²) < 4.78 is 2.04. The molecule has 15 heavy (non-hydrogen) atoms. The first-order chi connectivity index (χ1) is 7.04. The third-order valence-electron chi connectivity index (χ3n) is 3.02. The Labute approximate surface area is 97.6 Å². The average Bonchev–Trinajstić information content (AvgIpc) is 2.65. The van der Waals surface area contributed by atoms with Gasteiger partial charge in [-0.3, -0.25) is 4.68 Å². The number of hydrogen-bond acceptors (Lipinski definition) is 1. The molecule has 1 aromatic heterocycles. The molecule has 0 aromatic carbocycles. The normalized spacial score (nSPS) is 17.4. The number of rotatable bonds is 5. The number of alkyl halides is 1. The lowest BCUT2D eigenvalue weighted by molar-refractivity contribution is 0.467. The molecule has 0 radical (unpaired) electrons. The highest BCUT2D eigenvalue weighted by Gasteiger charge is 2.12. The Morgan fingerprint density at radius 3 is 2.60 bits per heavy atom. The monoisotopic (exact) mass is 228 g/mol. The van der Waals surface area contributed by atoms with E-state index < -0.39 is 0 Å². The van der Waals surface area contributed by atoms with Crippen LogP contribution >= 0.6 is 11.6 Å². The van der Waals surface area contributed by atoms with Gasteiger partial charge in [-0.15, -0.1) is 11.6 Å². The molecule has 1 heterocycles. The van der Waals surface area contributed by atoms with Crippen LogP contribution in [0.5, 0.6) is 0 Å². The van der Waals surface area contributed by atoms with Gasteiger partial charge < -0.3 is 0 Å². The molecule has 0 aliphatic heterocycles. The third kappa shape index (κ3) is 3.53. The van der Waals surface area contributed by atoms with Crippen LogP contribution in [0.25, 0.3) is 0 Å². The smallest absolute Gasteiger partial charge is 0.0627 e. The Kier molecular flexibility index (Phi) is 4.65. The Hall–Kier alpha value is -0.500. The van der Waals surface area contributed by atoms with E-state index in [-0.39, 0.29) is 5.38 Å². The zero-order chi connectivity index (χ0) is 11.4. The summed E-state index contributed by atoms with van der Waals surface area (Å²) in [6, 6.07) is 2.59. The summed E-state index contributed by atoms with van der Waals surface area (Å²) in [5.74, 6) is 0.479. The van der Waals surface area contributed by atoms with Crippen LogP contribution in [0.2, 0.25) is 0 Å². The SMILES string of the molecule is CCC(C)n1ccc(CC(C)C(C)Cl)n1. The van der Waals surface area contributed by atoms with Crippen molar-refractivity contribution in [3.63, 3.8) is 0 Å². The maximum atomic E-state index is 6.04. The molecule has 3 atom stereocenters. The lowest BCUT2D eigenvalue weighted by Crippen LogP contribution is -2.11. The summed E-state index contributed by atoms with van der Waals surface area (Å²) in [7, 11) is 0. The molecule has 1 rings (SSSR count). The molecule has 3 heteroatoms. The van der Waals surface area contributed by atoms with Gasteiger partial charge in [-0.05, 0) is 38.7 Å². The summed E-state index contributed by atoms with van der Waals surface area (Å²) in [5.41, 5.74) is 1.15. The molecule has 0 N–H and O–H groups in total. The topological polar surface area (TPSA) is 17.8 Å². The molecule has 0 aliphatic rings. The quantitative estimate of drug-likeness (QED) is 0.704. The Morgan fingerprint density at radius 1 is 1.40 bits per heavy atom. The summed E-state index contributed by atoms with van der Waals surface area (Å²) in [6.45, 7) is 8.57. The molecule has 0 saturated heterocycles. The van der Waals surface area contributed by atoms with Crippen LogP contribution in [0, 0.1) is 5.92 Å². The molecule has 86 valence electrons. The van der Waals surface area contributed by atoms with Gasteiger partial charge >= 0.3 is 0 Å². The van der Waals surface area contributed by atoms with Crippen molar-refractivity contribution in [2.24, 2.45) is 5.92 Å². The van der Waals surface area contributed by atoms with E-state index in [0.29, 0.717) is 12.0 Å². The molecule has 2 nitrogen and oxygen atoms in total. The maximum Gasteiger partial charge on any atom is 0.0627 e. The zero-order valence-corrected chi connectivity index (χ0v) is 10.8. The van der Waals surface area contributed by atoms with Crippen LogP contribution in [-0.4, -0.2) is 15.2 Å². The van der Waals surface area contributed by atoms with Gasteiger partial charge in [0.2, 0.25) is 0 Å². The van der Waals surface area contributed by atoms with Crippen molar-refractivity contribution in [3.8, 4) is 0 Å².